The largest absolute Gasteiger partial charge is 0.359 e. The second-order valence-electron chi connectivity index (χ2n) is 8.83. The molecule has 0 aliphatic heterocycles. The van der Waals surface area contributed by atoms with Crippen LogP contribution >= 0.6 is 23.8 Å². The molecule has 5 heteroatoms. The van der Waals surface area contributed by atoms with E-state index in [9.17, 15) is 4.79 Å². The Balaban J connectivity index is 1.31. The van der Waals surface area contributed by atoms with Crippen LogP contribution in [0.2, 0.25) is 5.02 Å². The SMILES string of the molecule is CC(NC(=S)NC(=O)Cc1ccc(Cl)cc1)C12CC3CC(CC(C3)C1)C2. The van der Waals surface area contributed by atoms with Crippen molar-refractivity contribution in [2.45, 2.75) is 57.9 Å². The Morgan fingerprint density at radius 1 is 1.15 bits per heavy atom. The number of carbonyl (C=O) groups excluding carboxylic acids is 1. The average molecular weight is 391 g/mol. The van der Waals surface area contributed by atoms with Gasteiger partial charge in [-0.2, -0.15) is 0 Å². The molecule has 4 bridgehead atoms. The number of rotatable bonds is 4. The maximum absolute atomic E-state index is 12.3. The Bertz CT molecular complexity index is 667. The summed E-state index contributed by atoms with van der Waals surface area (Å²) in [4.78, 5) is 12.3. The summed E-state index contributed by atoms with van der Waals surface area (Å²) in [5.74, 6) is 2.67. The Morgan fingerprint density at radius 3 is 2.23 bits per heavy atom. The number of amides is 1. The van der Waals surface area contributed by atoms with E-state index >= 15 is 0 Å². The van der Waals surface area contributed by atoms with Crippen LogP contribution in [0.1, 0.15) is 51.0 Å². The molecule has 0 saturated heterocycles. The molecule has 4 saturated carbocycles. The Labute approximate surface area is 166 Å². The van der Waals surface area contributed by atoms with Gasteiger partial charge in [-0.1, -0.05) is 23.7 Å². The number of hydrogen-bond acceptors (Lipinski definition) is 2. The van der Waals surface area contributed by atoms with Gasteiger partial charge in [0, 0.05) is 11.1 Å². The van der Waals surface area contributed by atoms with Gasteiger partial charge in [-0.25, -0.2) is 0 Å². The topological polar surface area (TPSA) is 41.1 Å². The van der Waals surface area contributed by atoms with Crippen LogP contribution in [-0.4, -0.2) is 17.1 Å². The first-order chi connectivity index (χ1) is 12.4. The minimum Gasteiger partial charge on any atom is -0.359 e. The predicted molar refractivity (Wildman–Crippen MR) is 109 cm³/mol. The summed E-state index contributed by atoms with van der Waals surface area (Å²) in [6, 6.07) is 7.66. The van der Waals surface area contributed by atoms with E-state index in [4.69, 9.17) is 23.8 Å². The number of halogens is 1. The number of carbonyl (C=O) groups is 1. The van der Waals surface area contributed by atoms with E-state index in [1.165, 1.54) is 38.5 Å². The molecule has 1 aromatic rings. The molecule has 0 radical (unpaired) electrons. The van der Waals surface area contributed by atoms with Gasteiger partial charge < -0.3 is 10.6 Å². The molecule has 5 rings (SSSR count). The van der Waals surface area contributed by atoms with E-state index in [2.05, 4.69) is 17.6 Å². The van der Waals surface area contributed by atoms with Crippen molar-refractivity contribution in [2.75, 3.05) is 0 Å². The molecule has 26 heavy (non-hydrogen) atoms. The molecule has 1 aromatic carbocycles. The number of hydrogen-bond donors (Lipinski definition) is 2. The standard InChI is InChI=1S/C21H27ClN2OS/c1-13(21-10-15-6-16(11-21)8-17(7-15)12-21)23-20(26)24-19(25)9-14-2-4-18(22)5-3-14/h2-5,13,15-17H,6-12H2,1H3,(H2,23,24,25,26). The summed E-state index contributed by atoms with van der Waals surface area (Å²) < 4.78 is 0. The summed E-state index contributed by atoms with van der Waals surface area (Å²) in [6.07, 6.45) is 8.61. The zero-order valence-electron chi connectivity index (χ0n) is 15.3. The van der Waals surface area contributed by atoms with Crippen molar-refractivity contribution >= 4 is 34.8 Å². The van der Waals surface area contributed by atoms with Crippen LogP contribution in [0, 0.1) is 23.2 Å². The average Bonchev–Trinajstić information content (AvgIpc) is 2.55. The van der Waals surface area contributed by atoms with Crippen molar-refractivity contribution in [3.8, 4) is 0 Å². The molecule has 1 unspecified atom stereocenters. The molecule has 0 spiro atoms. The van der Waals surface area contributed by atoms with Gasteiger partial charge in [-0.05, 0) is 98.5 Å². The van der Waals surface area contributed by atoms with Crippen LogP contribution in [0.4, 0.5) is 0 Å². The summed E-state index contributed by atoms with van der Waals surface area (Å²) in [7, 11) is 0. The summed E-state index contributed by atoms with van der Waals surface area (Å²) in [5.41, 5.74) is 1.31. The molecular formula is C21H27ClN2OS. The van der Waals surface area contributed by atoms with Crippen LogP contribution in [-0.2, 0) is 11.2 Å². The molecule has 3 nitrogen and oxygen atoms in total. The lowest BCUT2D eigenvalue weighted by molar-refractivity contribution is -0.119. The van der Waals surface area contributed by atoms with E-state index < -0.39 is 0 Å². The predicted octanol–water partition coefficient (Wildman–Crippen LogP) is 4.48. The maximum atomic E-state index is 12.3. The number of thiocarbonyl (C=S) groups is 1. The highest BCUT2D eigenvalue weighted by Gasteiger charge is 2.53. The van der Waals surface area contributed by atoms with Crippen LogP contribution < -0.4 is 10.6 Å². The first-order valence-electron chi connectivity index (χ1n) is 9.77. The van der Waals surface area contributed by atoms with Gasteiger partial charge in [0.25, 0.3) is 0 Å². The fourth-order valence-electron chi connectivity index (χ4n) is 6.05. The highest BCUT2D eigenvalue weighted by atomic mass is 35.5. The molecule has 4 aliphatic carbocycles. The maximum Gasteiger partial charge on any atom is 0.230 e. The number of benzene rings is 1. The van der Waals surface area contributed by atoms with Gasteiger partial charge in [0.05, 0.1) is 6.42 Å². The lowest BCUT2D eigenvalue weighted by Crippen LogP contribution is -2.57. The van der Waals surface area contributed by atoms with Gasteiger partial charge >= 0.3 is 0 Å². The molecular weight excluding hydrogens is 364 g/mol. The molecule has 4 aliphatic rings. The smallest absolute Gasteiger partial charge is 0.230 e. The fourth-order valence-corrected chi connectivity index (χ4v) is 6.47. The van der Waals surface area contributed by atoms with Gasteiger partial charge in [0.2, 0.25) is 5.91 Å². The Hall–Kier alpha value is -1.13. The zero-order chi connectivity index (χ0) is 18.3. The molecule has 4 fully saturated rings. The van der Waals surface area contributed by atoms with E-state index in [0.717, 1.165) is 23.3 Å². The Morgan fingerprint density at radius 2 is 1.69 bits per heavy atom. The number of nitrogens with one attached hydrogen (secondary N) is 2. The van der Waals surface area contributed by atoms with E-state index in [-0.39, 0.29) is 5.91 Å². The minimum absolute atomic E-state index is 0.0810. The van der Waals surface area contributed by atoms with E-state index in [1.54, 1.807) is 12.1 Å². The molecule has 1 amide bonds. The molecule has 0 aromatic heterocycles. The van der Waals surface area contributed by atoms with Crippen molar-refractivity contribution in [1.29, 1.82) is 0 Å². The molecule has 140 valence electrons. The van der Waals surface area contributed by atoms with Gasteiger partial charge in [-0.3, -0.25) is 4.79 Å². The van der Waals surface area contributed by atoms with Crippen LogP contribution in [0.3, 0.4) is 0 Å². The highest BCUT2D eigenvalue weighted by Crippen LogP contribution is 2.61. The third kappa shape index (κ3) is 3.77. The molecule has 0 heterocycles. The molecule has 2 N–H and O–H groups in total. The summed E-state index contributed by atoms with van der Waals surface area (Å²) in [5, 5.41) is 7.44. The lowest BCUT2D eigenvalue weighted by atomic mass is 9.48. The second kappa shape index (κ2) is 7.12. The van der Waals surface area contributed by atoms with Gasteiger partial charge in [-0.15, -0.1) is 0 Å². The van der Waals surface area contributed by atoms with Gasteiger partial charge in [0.15, 0.2) is 5.11 Å². The van der Waals surface area contributed by atoms with Crippen LogP contribution in [0.5, 0.6) is 0 Å². The van der Waals surface area contributed by atoms with Crippen molar-refractivity contribution in [2.24, 2.45) is 23.2 Å². The van der Waals surface area contributed by atoms with Crippen molar-refractivity contribution < 1.29 is 4.79 Å². The normalized spacial score (nSPS) is 32.9. The first-order valence-corrected chi connectivity index (χ1v) is 10.6. The highest BCUT2D eigenvalue weighted by molar-refractivity contribution is 7.80. The Kier molecular flexibility index (Phi) is 5.00. The van der Waals surface area contributed by atoms with Crippen molar-refractivity contribution in [3.05, 3.63) is 34.9 Å². The second-order valence-corrected chi connectivity index (χ2v) is 9.67. The minimum atomic E-state index is -0.0810. The zero-order valence-corrected chi connectivity index (χ0v) is 16.8. The van der Waals surface area contributed by atoms with Crippen LogP contribution in [0.15, 0.2) is 24.3 Å². The lowest BCUT2D eigenvalue weighted by Gasteiger charge is -2.59. The quantitative estimate of drug-likeness (QED) is 0.745. The van der Waals surface area contributed by atoms with Crippen molar-refractivity contribution in [3.63, 3.8) is 0 Å². The summed E-state index contributed by atoms with van der Waals surface area (Å²) >= 11 is 11.3. The summed E-state index contributed by atoms with van der Waals surface area (Å²) in [6.45, 7) is 2.25. The third-order valence-electron chi connectivity index (χ3n) is 6.88. The third-order valence-corrected chi connectivity index (χ3v) is 7.35. The molecule has 1 atom stereocenters. The van der Waals surface area contributed by atoms with E-state index in [1.807, 2.05) is 12.1 Å². The monoisotopic (exact) mass is 390 g/mol. The fraction of sp³-hybridized carbons (Fsp3) is 0.619. The first kappa shape index (κ1) is 18.2. The van der Waals surface area contributed by atoms with Gasteiger partial charge in [0.1, 0.15) is 0 Å². The van der Waals surface area contributed by atoms with Crippen molar-refractivity contribution in [1.82, 2.24) is 10.6 Å². The van der Waals surface area contributed by atoms with E-state index in [0.29, 0.717) is 28.0 Å². The van der Waals surface area contributed by atoms with Crippen LogP contribution in [0.25, 0.3) is 0 Å².